The van der Waals surface area contributed by atoms with Crippen LogP contribution in [0.15, 0.2) is 57.8 Å². The van der Waals surface area contributed by atoms with Crippen LogP contribution in [0.3, 0.4) is 0 Å². The van der Waals surface area contributed by atoms with Gasteiger partial charge in [0.25, 0.3) is 11.5 Å². The van der Waals surface area contributed by atoms with E-state index in [-0.39, 0.29) is 23.6 Å². The van der Waals surface area contributed by atoms with E-state index in [0.717, 1.165) is 10.0 Å². The van der Waals surface area contributed by atoms with Crippen LogP contribution in [-0.2, 0) is 16.1 Å². The summed E-state index contributed by atoms with van der Waals surface area (Å²) in [6.07, 6.45) is -0.0394. The second kappa shape index (κ2) is 9.87. The van der Waals surface area contributed by atoms with Gasteiger partial charge in [-0.2, -0.15) is 5.10 Å². The van der Waals surface area contributed by atoms with Crippen LogP contribution >= 0.6 is 15.9 Å². The van der Waals surface area contributed by atoms with Gasteiger partial charge in [-0.1, -0.05) is 60.1 Å². The molecule has 0 fully saturated rings. The average molecular weight is 486 g/mol. The van der Waals surface area contributed by atoms with Gasteiger partial charge in [-0.25, -0.2) is 4.68 Å². The van der Waals surface area contributed by atoms with Gasteiger partial charge in [-0.3, -0.25) is 14.4 Å². The van der Waals surface area contributed by atoms with Gasteiger partial charge < -0.3 is 10.1 Å². The molecule has 8 heteroatoms. The lowest BCUT2D eigenvalue weighted by Gasteiger charge is -2.19. The highest BCUT2D eigenvalue weighted by molar-refractivity contribution is 9.10. The highest BCUT2D eigenvalue weighted by Gasteiger charge is 2.23. The summed E-state index contributed by atoms with van der Waals surface area (Å²) in [5, 5.41) is 8.16. The molecule has 31 heavy (non-hydrogen) atoms. The van der Waals surface area contributed by atoms with Crippen molar-refractivity contribution >= 4 is 38.6 Å². The molecular weight excluding hydrogens is 462 g/mol. The third-order valence-corrected chi connectivity index (χ3v) is 5.27. The number of rotatable bonds is 7. The Balaban J connectivity index is 2.04. The summed E-state index contributed by atoms with van der Waals surface area (Å²) in [4.78, 5) is 38.1. The molecule has 0 aliphatic carbocycles. The average Bonchev–Trinajstić information content (AvgIpc) is 2.74. The number of nitrogens with zero attached hydrogens (tertiary/aromatic N) is 2. The maximum atomic E-state index is 13.3. The van der Waals surface area contributed by atoms with E-state index in [1.165, 1.54) is 11.8 Å². The number of aromatic nitrogens is 2. The normalized spacial score (nSPS) is 12.0. The zero-order valence-electron chi connectivity index (χ0n) is 17.6. The first-order valence-electron chi connectivity index (χ1n) is 9.93. The van der Waals surface area contributed by atoms with E-state index >= 15 is 0 Å². The van der Waals surface area contributed by atoms with E-state index in [0.29, 0.717) is 17.3 Å². The smallest absolute Gasteiger partial charge is 0.307 e. The molecule has 1 amide bonds. The van der Waals surface area contributed by atoms with Crippen molar-refractivity contribution < 1.29 is 14.3 Å². The summed E-state index contributed by atoms with van der Waals surface area (Å²) >= 11 is 3.42. The molecule has 0 saturated heterocycles. The molecule has 1 atom stereocenters. The van der Waals surface area contributed by atoms with Gasteiger partial charge in [0, 0.05) is 16.4 Å². The molecule has 3 rings (SSSR count). The lowest BCUT2D eigenvalue weighted by molar-refractivity contribution is -0.141. The molecule has 0 radical (unpaired) electrons. The second-order valence-electron chi connectivity index (χ2n) is 7.64. The summed E-state index contributed by atoms with van der Waals surface area (Å²) in [7, 11) is 1.30. The first-order chi connectivity index (χ1) is 14.8. The minimum absolute atomic E-state index is 0.0394. The highest BCUT2D eigenvalue weighted by Crippen LogP contribution is 2.23. The second-order valence-corrected chi connectivity index (χ2v) is 8.55. The fourth-order valence-corrected chi connectivity index (χ4v) is 3.74. The summed E-state index contributed by atoms with van der Waals surface area (Å²) in [5.74, 6) is -0.744. The lowest BCUT2D eigenvalue weighted by Crippen LogP contribution is -2.34. The van der Waals surface area contributed by atoms with E-state index in [2.05, 4.69) is 26.3 Å². The highest BCUT2D eigenvalue weighted by atomic mass is 79.9. The Morgan fingerprint density at radius 1 is 1.13 bits per heavy atom. The molecule has 1 aromatic heterocycles. The summed E-state index contributed by atoms with van der Waals surface area (Å²) in [5.41, 5.74) is 0.646. The SMILES string of the molecule is COC(=O)CC(NC(=O)c1nn(CC(C)C)c(=O)c2ccccc12)c1cccc(Br)c1. The first-order valence-corrected chi connectivity index (χ1v) is 10.7. The van der Waals surface area contributed by atoms with Crippen molar-refractivity contribution in [2.45, 2.75) is 32.9 Å². The molecule has 2 aromatic carbocycles. The Morgan fingerprint density at radius 2 is 1.84 bits per heavy atom. The van der Waals surface area contributed by atoms with Gasteiger partial charge >= 0.3 is 5.97 Å². The minimum Gasteiger partial charge on any atom is -0.469 e. The van der Waals surface area contributed by atoms with E-state index < -0.39 is 17.9 Å². The molecule has 0 bridgehead atoms. The molecule has 0 saturated carbocycles. The maximum absolute atomic E-state index is 13.3. The number of hydrogen-bond acceptors (Lipinski definition) is 5. The fourth-order valence-electron chi connectivity index (χ4n) is 3.32. The predicted molar refractivity (Wildman–Crippen MR) is 122 cm³/mol. The van der Waals surface area contributed by atoms with E-state index in [4.69, 9.17) is 4.74 Å². The molecular formula is C23H24BrN3O4. The number of hydrogen-bond donors (Lipinski definition) is 1. The Hall–Kier alpha value is -3.00. The van der Waals surface area contributed by atoms with Crippen LogP contribution in [0.25, 0.3) is 10.8 Å². The molecule has 1 unspecified atom stereocenters. The quantitative estimate of drug-likeness (QED) is 0.513. The van der Waals surface area contributed by atoms with Gasteiger partial charge in [0.15, 0.2) is 5.69 Å². The number of benzene rings is 2. The van der Waals surface area contributed by atoms with Crippen LogP contribution in [0.5, 0.6) is 0 Å². The predicted octanol–water partition coefficient (Wildman–Crippen LogP) is 3.85. The number of nitrogens with one attached hydrogen (secondary N) is 1. The first kappa shape index (κ1) is 22.7. The van der Waals surface area contributed by atoms with Crippen LogP contribution in [0.2, 0.25) is 0 Å². The number of methoxy groups -OCH3 is 1. The maximum Gasteiger partial charge on any atom is 0.307 e. The topological polar surface area (TPSA) is 90.3 Å². The van der Waals surface area contributed by atoms with Crippen molar-refractivity contribution in [3.63, 3.8) is 0 Å². The number of fused-ring (bicyclic) bond motifs is 1. The number of ether oxygens (including phenoxy) is 1. The molecule has 7 nitrogen and oxygen atoms in total. The van der Waals surface area contributed by atoms with Crippen LogP contribution in [0.1, 0.15) is 42.4 Å². The van der Waals surface area contributed by atoms with E-state index in [1.807, 2.05) is 38.1 Å². The fraction of sp³-hybridized carbons (Fsp3) is 0.304. The summed E-state index contributed by atoms with van der Waals surface area (Å²) in [6, 6.07) is 13.6. The zero-order chi connectivity index (χ0) is 22.5. The van der Waals surface area contributed by atoms with Crippen LogP contribution in [-0.4, -0.2) is 28.8 Å². The zero-order valence-corrected chi connectivity index (χ0v) is 19.2. The molecule has 3 aromatic rings. The summed E-state index contributed by atoms with van der Waals surface area (Å²) < 4.78 is 6.96. The van der Waals surface area contributed by atoms with Crippen LogP contribution in [0, 0.1) is 5.92 Å². The number of halogens is 1. The number of esters is 1. The van der Waals surface area contributed by atoms with Gasteiger partial charge in [0.2, 0.25) is 0 Å². The number of carbonyl (C=O) groups is 2. The van der Waals surface area contributed by atoms with Crippen molar-refractivity contribution in [3.8, 4) is 0 Å². The molecule has 0 aliphatic heterocycles. The molecule has 0 spiro atoms. The van der Waals surface area contributed by atoms with Crippen molar-refractivity contribution in [1.29, 1.82) is 0 Å². The minimum atomic E-state index is -0.622. The van der Waals surface area contributed by atoms with Crippen molar-refractivity contribution in [3.05, 3.63) is 74.6 Å². The molecule has 1 heterocycles. The van der Waals surface area contributed by atoms with E-state index in [1.54, 1.807) is 24.3 Å². The summed E-state index contributed by atoms with van der Waals surface area (Å²) in [6.45, 7) is 4.34. The van der Waals surface area contributed by atoms with Gasteiger partial charge in [-0.05, 0) is 29.7 Å². The monoisotopic (exact) mass is 485 g/mol. The Bertz CT molecular complexity index is 1170. The molecule has 1 N–H and O–H groups in total. The number of amides is 1. The van der Waals surface area contributed by atoms with E-state index in [9.17, 15) is 14.4 Å². The van der Waals surface area contributed by atoms with Crippen LogP contribution in [0.4, 0.5) is 0 Å². The lowest BCUT2D eigenvalue weighted by atomic mass is 10.0. The van der Waals surface area contributed by atoms with Gasteiger partial charge in [0.05, 0.1) is 25.0 Å². The van der Waals surface area contributed by atoms with Crippen molar-refractivity contribution in [1.82, 2.24) is 15.1 Å². The third-order valence-electron chi connectivity index (χ3n) is 4.78. The van der Waals surface area contributed by atoms with Crippen molar-refractivity contribution in [2.75, 3.05) is 7.11 Å². The number of carbonyl (C=O) groups excluding carboxylic acids is 2. The van der Waals surface area contributed by atoms with Gasteiger partial charge in [0.1, 0.15) is 0 Å². The Morgan fingerprint density at radius 3 is 2.48 bits per heavy atom. The third kappa shape index (κ3) is 5.38. The Labute approximate surface area is 188 Å². The van der Waals surface area contributed by atoms with Gasteiger partial charge in [-0.15, -0.1) is 0 Å². The van der Waals surface area contributed by atoms with Crippen LogP contribution < -0.4 is 10.9 Å². The largest absolute Gasteiger partial charge is 0.469 e. The standard InChI is InChI=1S/C23H24BrN3O4/c1-14(2)13-27-23(30)18-10-5-4-9-17(18)21(26-27)22(29)25-19(12-20(28)31-3)15-7-6-8-16(24)11-15/h4-11,14,19H,12-13H2,1-3H3,(H,25,29). The molecule has 162 valence electrons. The van der Waals surface area contributed by atoms with Crippen molar-refractivity contribution in [2.24, 2.45) is 5.92 Å². The molecule has 0 aliphatic rings. The Kier molecular flexibility index (Phi) is 7.22.